The highest BCUT2D eigenvalue weighted by molar-refractivity contribution is 7.98. The fourth-order valence-electron chi connectivity index (χ4n) is 2.76. The van der Waals surface area contributed by atoms with Crippen LogP contribution in [0, 0.1) is 0 Å². The van der Waals surface area contributed by atoms with Crippen LogP contribution in [0.3, 0.4) is 0 Å². The quantitative estimate of drug-likeness (QED) is 0.611. The Hall–Kier alpha value is -2.80. The number of benzene rings is 1. The third kappa shape index (κ3) is 2.96. The normalized spacial score (nSPS) is 22.1. The number of rotatable bonds is 3. The first kappa shape index (κ1) is 17.3. The number of nitrogens with zero attached hydrogens (tertiary/aromatic N) is 4. The summed E-state index contributed by atoms with van der Waals surface area (Å²) in [6.45, 7) is 1.93. The lowest BCUT2D eigenvalue weighted by Crippen LogP contribution is -2.25. The summed E-state index contributed by atoms with van der Waals surface area (Å²) in [6.07, 6.45) is -3.70. The Morgan fingerprint density at radius 3 is 2.82 bits per heavy atom. The number of thiazole rings is 1. The monoisotopic (exact) mass is 424 g/mol. The van der Waals surface area contributed by atoms with Gasteiger partial charge in [0.15, 0.2) is 11.5 Å². The number of imidazole rings is 1. The van der Waals surface area contributed by atoms with Crippen molar-refractivity contribution in [1.29, 1.82) is 0 Å². The molecule has 144 valence electrons. The van der Waals surface area contributed by atoms with Crippen molar-refractivity contribution in [3.05, 3.63) is 28.2 Å². The molecule has 0 fully saturated rings. The second kappa shape index (κ2) is 6.10. The first-order valence-corrected chi connectivity index (χ1v) is 9.72. The molecule has 3 aromatic rings. The number of ether oxygens (including phenoxy) is 2. The van der Waals surface area contributed by atoms with Crippen molar-refractivity contribution >= 4 is 46.2 Å². The zero-order chi connectivity index (χ0) is 19.5. The summed E-state index contributed by atoms with van der Waals surface area (Å²) in [4.78, 5) is 23.8. The number of hydrogen-bond acceptors (Lipinski definition) is 9. The Balaban J connectivity index is 1.34. The molecule has 28 heavy (non-hydrogen) atoms. The van der Waals surface area contributed by atoms with Gasteiger partial charge in [-0.05, 0) is 6.92 Å². The van der Waals surface area contributed by atoms with Gasteiger partial charge in [-0.2, -0.15) is 5.11 Å². The molecule has 9 nitrogen and oxygen atoms in total. The number of H-pyrrole nitrogens is 1. The van der Waals surface area contributed by atoms with E-state index in [9.17, 15) is 13.6 Å². The molecule has 0 bridgehead atoms. The van der Waals surface area contributed by atoms with Crippen molar-refractivity contribution in [3.63, 3.8) is 0 Å². The average molecular weight is 424 g/mol. The topological polar surface area (TPSA) is 114 Å². The van der Waals surface area contributed by atoms with Gasteiger partial charge in [-0.3, -0.25) is 10.1 Å². The van der Waals surface area contributed by atoms with E-state index in [2.05, 4.69) is 39.4 Å². The molecule has 2 unspecified atom stereocenters. The van der Waals surface area contributed by atoms with Crippen LogP contribution >= 0.6 is 23.3 Å². The molecular weight excluding hydrogens is 414 g/mol. The van der Waals surface area contributed by atoms with E-state index in [0.29, 0.717) is 11.0 Å². The third-order valence-corrected chi connectivity index (χ3v) is 6.17. The van der Waals surface area contributed by atoms with Gasteiger partial charge in [-0.1, -0.05) is 0 Å². The van der Waals surface area contributed by atoms with Crippen LogP contribution in [0.1, 0.15) is 27.7 Å². The highest BCUT2D eigenvalue weighted by atomic mass is 32.2. The Bertz CT molecular complexity index is 1090. The number of carbonyl (C=O) groups is 1. The smallest absolute Gasteiger partial charge is 0.395 e. The van der Waals surface area contributed by atoms with Crippen LogP contribution in [0.15, 0.2) is 27.1 Å². The van der Waals surface area contributed by atoms with Crippen LogP contribution in [0.2, 0.25) is 0 Å². The summed E-state index contributed by atoms with van der Waals surface area (Å²) in [5.74, 6) is -0.525. The molecule has 0 saturated carbocycles. The molecule has 2 atom stereocenters. The van der Waals surface area contributed by atoms with Crippen molar-refractivity contribution < 1.29 is 23.0 Å². The van der Waals surface area contributed by atoms with Gasteiger partial charge in [0.05, 0.1) is 17.1 Å². The van der Waals surface area contributed by atoms with Gasteiger partial charge in [0, 0.05) is 29.5 Å². The molecule has 1 amide bonds. The van der Waals surface area contributed by atoms with Gasteiger partial charge < -0.3 is 14.5 Å². The number of aromatic amines is 1. The Morgan fingerprint density at radius 2 is 2.07 bits per heavy atom. The Labute approximate surface area is 163 Å². The van der Waals surface area contributed by atoms with Crippen molar-refractivity contribution in [2.75, 3.05) is 5.32 Å². The van der Waals surface area contributed by atoms with Crippen LogP contribution in [0.25, 0.3) is 11.0 Å². The fraction of sp³-hybridized carbons (Fsp3) is 0.267. The number of nitrogens with one attached hydrogen (secondary N) is 2. The summed E-state index contributed by atoms with van der Waals surface area (Å²) in [6, 6.07) is 2.65. The Kier molecular flexibility index (Phi) is 3.77. The summed E-state index contributed by atoms with van der Waals surface area (Å²) >= 11 is 2.69. The summed E-state index contributed by atoms with van der Waals surface area (Å²) in [7, 11) is 0. The maximum Gasteiger partial charge on any atom is 0.586 e. The minimum Gasteiger partial charge on any atom is -0.395 e. The van der Waals surface area contributed by atoms with E-state index in [1.807, 2.05) is 6.92 Å². The predicted molar refractivity (Wildman–Crippen MR) is 97.0 cm³/mol. The largest absolute Gasteiger partial charge is 0.586 e. The number of halogens is 2. The van der Waals surface area contributed by atoms with Gasteiger partial charge in [-0.15, -0.1) is 24.6 Å². The van der Waals surface area contributed by atoms with E-state index in [1.54, 1.807) is 5.38 Å². The standard InChI is InChI=1S/C15H10F2N6O3S2/c1-5-11(28-23-22-5)13-18-8(4-27-13)12(24)21-14-19-6-2-9-10(3-7(6)20-14)26-15(16,17)25-9/h2-5,11H,1H3,(H2,19,20,21,24). The number of alkyl halides is 2. The molecule has 2 aliphatic rings. The lowest BCUT2D eigenvalue weighted by molar-refractivity contribution is -0.286. The molecule has 0 radical (unpaired) electrons. The maximum absolute atomic E-state index is 13.1. The summed E-state index contributed by atoms with van der Waals surface area (Å²) < 4.78 is 39.0. The van der Waals surface area contributed by atoms with E-state index in [1.165, 1.54) is 35.4 Å². The second-order valence-electron chi connectivity index (χ2n) is 6.06. The molecular formula is C15H10F2N6O3S2. The van der Waals surface area contributed by atoms with E-state index >= 15 is 0 Å². The third-order valence-electron chi connectivity index (χ3n) is 4.06. The van der Waals surface area contributed by atoms with Crippen molar-refractivity contribution in [2.24, 2.45) is 9.63 Å². The van der Waals surface area contributed by atoms with E-state index in [0.717, 1.165) is 5.01 Å². The van der Waals surface area contributed by atoms with E-state index in [4.69, 9.17) is 0 Å². The molecule has 2 aromatic heterocycles. The first-order valence-electron chi connectivity index (χ1n) is 8.00. The SMILES string of the molecule is CC1N=NSC1c1nc(C(=O)Nc2nc3cc4c(cc3[nH]2)OC(F)(F)O4)cs1. The first-order chi connectivity index (χ1) is 13.4. The lowest BCUT2D eigenvalue weighted by atomic mass is 10.2. The molecule has 0 spiro atoms. The second-order valence-corrected chi connectivity index (χ2v) is 7.83. The highest BCUT2D eigenvalue weighted by Gasteiger charge is 2.43. The molecule has 13 heteroatoms. The number of fused-ring (bicyclic) bond motifs is 2. The minimum atomic E-state index is -3.70. The Morgan fingerprint density at radius 1 is 1.29 bits per heavy atom. The van der Waals surface area contributed by atoms with E-state index < -0.39 is 12.2 Å². The number of anilines is 1. The molecule has 5 rings (SSSR count). The zero-order valence-electron chi connectivity index (χ0n) is 14.0. The van der Waals surface area contributed by atoms with Crippen LogP contribution in [0.4, 0.5) is 14.7 Å². The average Bonchev–Trinajstić information content (AvgIpc) is 3.36. The van der Waals surface area contributed by atoms with Crippen LogP contribution < -0.4 is 14.8 Å². The molecule has 2 aliphatic heterocycles. The number of aromatic nitrogens is 3. The van der Waals surface area contributed by atoms with Gasteiger partial charge >= 0.3 is 6.29 Å². The van der Waals surface area contributed by atoms with Gasteiger partial charge in [-0.25, -0.2) is 9.97 Å². The summed E-state index contributed by atoms with van der Waals surface area (Å²) in [5, 5.41) is 9.07. The fourth-order valence-corrected chi connectivity index (χ4v) is 4.61. The summed E-state index contributed by atoms with van der Waals surface area (Å²) in [5.41, 5.74) is 0.997. The van der Waals surface area contributed by atoms with Gasteiger partial charge in [0.25, 0.3) is 5.91 Å². The molecule has 1 aromatic carbocycles. The van der Waals surface area contributed by atoms with Crippen molar-refractivity contribution in [1.82, 2.24) is 15.0 Å². The zero-order valence-corrected chi connectivity index (χ0v) is 15.6. The van der Waals surface area contributed by atoms with Crippen LogP contribution in [-0.2, 0) is 0 Å². The van der Waals surface area contributed by atoms with Crippen LogP contribution in [-0.4, -0.2) is 33.2 Å². The van der Waals surface area contributed by atoms with Crippen molar-refractivity contribution in [2.45, 2.75) is 24.5 Å². The molecule has 0 saturated heterocycles. The molecule has 2 N–H and O–H groups in total. The van der Waals surface area contributed by atoms with Crippen molar-refractivity contribution in [3.8, 4) is 11.5 Å². The van der Waals surface area contributed by atoms with Gasteiger partial charge in [0.1, 0.15) is 16.0 Å². The lowest BCUT2D eigenvalue weighted by Gasteiger charge is -2.06. The maximum atomic E-state index is 13.1. The van der Waals surface area contributed by atoms with Gasteiger partial charge in [0.2, 0.25) is 5.95 Å². The molecule has 4 heterocycles. The predicted octanol–water partition coefficient (Wildman–Crippen LogP) is 4.14. The number of amides is 1. The van der Waals surface area contributed by atoms with Crippen LogP contribution in [0.5, 0.6) is 11.5 Å². The molecule has 0 aliphatic carbocycles. The number of carbonyl (C=O) groups excluding carboxylic acids is 1. The number of hydrogen-bond donors (Lipinski definition) is 2. The highest BCUT2D eigenvalue weighted by Crippen LogP contribution is 2.43. The minimum absolute atomic E-state index is 0.00111. The van der Waals surface area contributed by atoms with E-state index in [-0.39, 0.29) is 34.4 Å².